The minimum Gasteiger partial charge on any atom is -0.465 e. The molecule has 2 amide bonds. The number of fused-ring (bicyclic) bond motifs is 1. The van der Waals surface area contributed by atoms with Crippen LogP contribution in [0.2, 0.25) is 0 Å². The van der Waals surface area contributed by atoms with E-state index in [2.05, 4.69) is 20.3 Å². The summed E-state index contributed by atoms with van der Waals surface area (Å²) in [5.41, 5.74) is 1.02. The number of carbonyl (C=O) groups excluding carboxylic acids is 2. The van der Waals surface area contributed by atoms with Gasteiger partial charge in [0.2, 0.25) is 5.78 Å². The lowest BCUT2D eigenvalue weighted by atomic mass is 9.98. The van der Waals surface area contributed by atoms with Crippen LogP contribution in [0.4, 0.5) is 4.79 Å². The van der Waals surface area contributed by atoms with E-state index in [1.807, 2.05) is 5.38 Å². The molecular weight excluding hydrogens is 394 g/mol. The van der Waals surface area contributed by atoms with Crippen LogP contribution in [0.1, 0.15) is 38.7 Å². The van der Waals surface area contributed by atoms with Crippen molar-refractivity contribution in [3.05, 3.63) is 46.0 Å². The van der Waals surface area contributed by atoms with Crippen LogP contribution in [0.5, 0.6) is 0 Å². The highest BCUT2D eigenvalue weighted by atomic mass is 32.1. The Morgan fingerprint density at radius 3 is 2.97 bits per heavy atom. The molecule has 1 saturated heterocycles. The van der Waals surface area contributed by atoms with Crippen molar-refractivity contribution in [1.82, 2.24) is 25.2 Å². The summed E-state index contributed by atoms with van der Waals surface area (Å²) < 4.78 is 0. The van der Waals surface area contributed by atoms with Crippen LogP contribution in [-0.2, 0) is 0 Å². The molecule has 1 fully saturated rings. The number of carbonyl (C=O) groups is 3. The van der Waals surface area contributed by atoms with Gasteiger partial charge in [0, 0.05) is 25.8 Å². The summed E-state index contributed by atoms with van der Waals surface area (Å²) >= 11 is 1.32. The summed E-state index contributed by atoms with van der Waals surface area (Å²) in [4.78, 5) is 49.7. The molecule has 1 unspecified atom stereocenters. The Morgan fingerprint density at radius 2 is 2.21 bits per heavy atom. The lowest BCUT2D eigenvalue weighted by Crippen LogP contribution is -2.43. The molecule has 0 aromatic carbocycles. The third-order valence-electron chi connectivity index (χ3n) is 4.93. The van der Waals surface area contributed by atoms with Gasteiger partial charge in [-0.05, 0) is 36.3 Å². The molecule has 0 bridgehead atoms. The average Bonchev–Trinajstić information content (AvgIpc) is 3.41. The number of amides is 2. The van der Waals surface area contributed by atoms with Crippen LogP contribution >= 0.6 is 11.3 Å². The maximum atomic E-state index is 12.7. The first-order chi connectivity index (χ1) is 14.0. The van der Waals surface area contributed by atoms with Crippen LogP contribution in [0.15, 0.2) is 29.8 Å². The summed E-state index contributed by atoms with van der Waals surface area (Å²) in [6, 6.07) is 5.06. The number of ketones is 1. The number of hydrogen-bond donors (Lipinski definition) is 3. The Kier molecular flexibility index (Phi) is 5.26. The van der Waals surface area contributed by atoms with Crippen molar-refractivity contribution in [2.24, 2.45) is 5.92 Å². The molecule has 0 radical (unpaired) electrons. The van der Waals surface area contributed by atoms with Crippen molar-refractivity contribution in [2.75, 3.05) is 19.6 Å². The van der Waals surface area contributed by atoms with E-state index in [-0.39, 0.29) is 23.4 Å². The third kappa shape index (κ3) is 3.97. The molecule has 1 aliphatic rings. The third-order valence-corrected chi connectivity index (χ3v) is 5.80. The number of piperidine rings is 1. The van der Waals surface area contributed by atoms with Crippen LogP contribution in [0, 0.1) is 5.92 Å². The Balaban J connectivity index is 1.49. The number of aromatic nitrogens is 3. The van der Waals surface area contributed by atoms with Crippen LogP contribution in [-0.4, -0.2) is 62.4 Å². The van der Waals surface area contributed by atoms with E-state index in [0.29, 0.717) is 41.2 Å². The van der Waals surface area contributed by atoms with E-state index in [4.69, 9.17) is 5.11 Å². The molecule has 3 aromatic rings. The predicted octanol–water partition coefficient (Wildman–Crippen LogP) is 2.37. The molecule has 9 nitrogen and oxygen atoms in total. The normalized spacial score (nSPS) is 16.7. The highest BCUT2D eigenvalue weighted by molar-refractivity contribution is 7.12. The van der Waals surface area contributed by atoms with Crippen molar-refractivity contribution >= 4 is 40.3 Å². The fraction of sp³-hybridized carbons (Fsp3) is 0.316. The first kappa shape index (κ1) is 19.1. The number of imidazole rings is 1. The Morgan fingerprint density at radius 1 is 1.34 bits per heavy atom. The number of rotatable bonds is 5. The minimum absolute atomic E-state index is 0.0660. The summed E-state index contributed by atoms with van der Waals surface area (Å²) in [6.07, 6.45) is 2.19. The SMILES string of the molecule is O=C(c1nc2c(C(=O)NCC3CCCN(C(=O)O)C3)ccnc2[nH]1)c1cccs1. The van der Waals surface area contributed by atoms with Crippen LogP contribution in [0.3, 0.4) is 0 Å². The second-order valence-corrected chi connectivity index (χ2v) is 7.84. The number of likely N-dealkylation sites (tertiary alicyclic amines) is 1. The number of nitrogens with zero attached hydrogens (tertiary/aromatic N) is 3. The zero-order valence-electron chi connectivity index (χ0n) is 15.4. The molecule has 1 aliphatic heterocycles. The monoisotopic (exact) mass is 413 g/mol. The smallest absolute Gasteiger partial charge is 0.407 e. The van der Waals surface area contributed by atoms with Gasteiger partial charge < -0.3 is 20.3 Å². The number of hydrogen-bond acceptors (Lipinski definition) is 6. The Hall–Kier alpha value is -3.27. The van der Waals surface area contributed by atoms with E-state index >= 15 is 0 Å². The zero-order valence-corrected chi connectivity index (χ0v) is 16.2. The van der Waals surface area contributed by atoms with Gasteiger partial charge in [-0.3, -0.25) is 9.59 Å². The average molecular weight is 413 g/mol. The minimum atomic E-state index is -0.934. The molecule has 4 heterocycles. The number of pyridine rings is 1. The second-order valence-electron chi connectivity index (χ2n) is 6.89. The first-order valence-corrected chi connectivity index (χ1v) is 10.1. The zero-order chi connectivity index (χ0) is 20.4. The maximum absolute atomic E-state index is 12.7. The van der Waals surface area contributed by atoms with Crippen LogP contribution in [0.25, 0.3) is 11.2 Å². The van der Waals surface area contributed by atoms with Crippen molar-refractivity contribution in [2.45, 2.75) is 12.8 Å². The second kappa shape index (κ2) is 8.00. The highest BCUT2D eigenvalue weighted by Crippen LogP contribution is 2.19. The van der Waals surface area contributed by atoms with E-state index in [1.165, 1.54) is 22.4 Å². The predicted molar refractivity (Wildman–Crippen MR) is 106 cm³/mol. The summed E-state index contributed by atoms with van der Waals surface area (Å²) in [7, 11) is 0. The van der Waals surface area contributed by atoms with E-state index in [1.54, 1.807) is 18.2 Å². The van der Waals surface area contributed by atoms with E-state index in [9.17, 15) is 14.4 Å². The quantitative estimate of drug-likeness (QED) is 0.551. The van der Waals surface area contributed by atoms with Gasteiger partial charge in [0.25, 0.3) is 5.91 Å². The van der Waals surface area contributed by atoms with Crippen molar-refractivity contribution in [3.8, 4) is 0 Å². The van der Waals surface area contributed by atoms with Gasteiger partial charge in [0.1, 0.15) is 5.52 Å². The molecule has 29 heavy (non-hydrogen) atoms. The highest BCUT2D eigenvalue weighted by Gasteiger charge is 2.24. The fourth-order valence-electron chi connectivity index (χ4n) is 3.46. The van der Waals surface area contributed by atoms with Crippen LogP contribution < -0.4 is 5.32 Å². The number of aromatic amines is 1. The topological polar surface area (TPSA) is 128 Å². The molecule has 3 aromatic heterocycles. The first-order valence-electron chi connectivity index (χ1n) is 9.22. The molecule has 4 rings (SSSR count). The molecule has 150 valence electrons. The summed E-state index contributed by atoms with van der Waals surface area (Å²) in [5, 5.41) is 13.8. The fourth-order valence-corrected chi connectivity index (χ4v) is 4.13. The summed E-state index contributed by atoms with van der Waals surface area (Å²) in [5.74, 6) is -0.373. The van der Waals surface area contributed by atoms with E-state index < -0.39 is 6.09 Å². The van der Waals surface area contributed by atoms with Gasteiger partial charge in [-0.25, -0.2) is 14.8 Å². The Bertz CT molecular complexity index is 1060. The lowest BCUT2D eigenvalue weighted by molar-refractivity contribution is 0.0929. The molecule has 3 N–H and O–H groups in total. The molecule has 0 spiro atoms. The van der Waals surface area contributed by atoms with Gasteiger partial charge in [-0.2, -0.15) is 0 Å². The maximum Gasteiger partial charge on any atom is 0.407 e. The van der Waals surface area contributed by atoms with Crippen molar-refractivity contribution in [1.29, 1.82) is 0 Å². The number of H-pyrrole nitrogens is 1. The van der Waals surface area contributed by atoms with Gasteiger partial charge in [-0.1, -0.05) is 6.07 Å². The molecule has 10 heteroatoms. The van der Waals surface area contributed by atoms with E-state index in [0.717, 1.165) is 12.8 Å². The molecule has 0 aliphatic carbocycles. The van der Waals surface area contributed by atoms with Gasteiger partial charge in [-0.15, -0.1) is 11.3 Å². The van der Waals surface area contributed by atoms with Crippen molar-refractivity contribution < 1.29 is 19.5 Å². The lowest BCUT2D eigenvalue weighted by Gasteiger charge is -2.30. The summed E-state index contributed by atoms with van der Waals surface area (Å²) in [6.45, 7) is 1.31. The number of carboxylic acid groups (broad SMARTS) is 1. The number of thiophene rings is 1. The van der Waals surface area contributed by atoms with Gasteiger partial charge >= 0.3 is 6.09 Å². The van der Waals surface area contributed by atoms with Crippen molar-refractivity contribution in [3.63, 3.8) is 0 Å². The molecular formula is C19H19N5O4S. The number of nitrogens with one attached hydrogen (secondary N) is 2. The molecule has 1 atom stereocenters. The standard InChI is InChI=1S/C19H19N5O4S/c25-15(13-4-2-8-29-13)17-22-14-12(5-6-20-16(14)23-17)18(26)21-9-11-3-1-7-24(10-11)19(27)28/h2,4-6,8,11H,1,3,7,9-10H2,(H,21,26)(H,27,28)(H,20,22,23). The largest absolute Gasteiger partial charge is 0.465 e. The van der Waals surface area contributed by atoms with Gasteiger partial charge in [0.05, 0.1) is 10.4 Å². The Labute approximate surface area is 169 Å². The van der Waals surface area contributed by atoms with Gasteiger partial charge in [0.15, 0.2) is 11.5 Å². The molecule has 0 saturated carbocycles.